The van der Waals surface area contributed by atoms with Crippen molar-refractivity contribution in [2.24, 2.45) is 0 Å². The first kappa shape index (κ1) is 17.0. The number of para-hydroxylation sites is 1. The second-order valence-electron chi connectivity index (χ2n) is 5.87. The maximum atomic E-state index is 12.7. The van der Waals surface area contributed by atoms with E-state index < -0.39 is 0 Å². The first-order valence-electron chi connectivity index (χ1n) is 7.77. The van der Waals surface area contributed by atoms with Crippen LogP contribution in [0.5, 0.6) is 5.75 Å². The molecule has 0 aliphatic heterocycles. The van der Waals surface area contributed by atoms with E-state index in [1.54, 1.807) is 12.0 Å². The summed E-state index contributed by atoms with van der Waals surface area (Å²) in [6, 6.07) is 11.7. The average Bonchev–Trinajstić information content (AvgIpc) is 2.54. The minimum absolute atomic E-state index is 0.00241. The van der Waals surface area contributed by atoms with Crippen LogP contribution in [0.1, 0.15) is 34.2 Å². The van der Waals surface area contributed by atoms with Crippen molar-refractivity contribution in [3.05, 3.63) is 58.9 Å². The summed E-state index contributed by atoms with van der Waals surface area (Å²) in [5.74, 6) is 0.853. The van der Waals surface area contributed by atoms with Crippen molar-refractivity contribution >= 4 is 5.91 Å². The molecule has 4 nitrogen and oxygen atoms in total. The maximum Gasteiger partial charge on any atom is 0.255 e. The molecule has 0 radical (unpaired) electrons. The Labute approximate surface area is 138 Å². The zero-order valence-corrected chi connectivity index (χ0v) is 14.5. The SMILES string of the molecule is COc1ccccc1CC(C)N(C)C(=O)c1ccc(C)nc1C. The first-order chi connectivity index (χ1) is 10.9. The normalized spacial score (nSPS) is 11.9. The predicted molar refractivity (Wildman–Crippen MR) is 92.0 cm³/mol. The zero-order chi connectivity index (χ0) is 17.0. The molecule has 1 heterocycles. The molecule has 1 atom stereocenters. The van der Waals surface area contributed by atoms with Crippen LogP contribution >= 0.6 is 0 Å². The number of nitrogens with zero attached hydrogens (tertiary/aromatic N) is 2. The second-order valence-corrected chi connectivity index (χ2v) is 5.87. The van der Waals surface area contributed by atoms with Gasteiger partial charge in [0.15, 0.2) is 0 Å². The summed E-state index contributed by atoms with van der Waals surface area (Å²) < 4.78 is 5.39. The molecule has 122 valence electrons. The van der Waals surface area contributed by atoms with Gasteiger partial charge in [0.1, 0.15) is 5.75 Å². The fraction of sp³-hybridized carbons (Fsp3) is 0.368. The summed E-state index contributed by atoms with van der Waals surface area (Å²) in [6.07, 6.45) is 0.741. The van der Waals surface area contributed by atoms with Gasteiger partial charge in [0, 0.05) is 18.8 Å². The van der Waals surface area contributed by atoms with Gasteiger partial charge in [0.05, 0.1) is 18.4 Å². The van der Waals surface area contributed by atoms with E-state index in [2.05, 4.69) is 4.98 Å². The van der Waals surface area contributed by atoms with Gasteiger partial charge in [0.25, 0.3) is 5.91 Å². The minimum Gasteiger partial charge on any atom is -0.496 e. The van der Waals surface area contributed by atoms with Crippen LogP contribution in [0.4, 0.5) is 0 Å². The van der Waals surface area contributed by atoms with Crippen molar-refractivity contribution < 1.29 is 9.53 Å². The molecule has 1 unspecified atom stereocenters. The Hall–Kier alpha value is -2.36. The van der Waals surface area contributed by atoms with Gasteiger partial charge in [-0.2, -0.15) is 0 Å². The average molecular weight is 312 g/mol. The Bertz CT molecular complexity index is 698. The van der Waals surface area contributed by atoms with Gasteiger partial charge in [-0.1, -0.05) is 18.2 Å². The lowest BCUT2D eigenvalue weighted by molar-refractivity contribution is 0.0741. The Balaban J connectivity index is 2.15. The van der Waals surface area contributed by atoms with E-state index in [4.69, 9.17) is 4.74 Å². The van der Waals surface area contributed by atoms with Crippen LogP contribution in [0.3, 0.4) is 0 Å². The highest BCUT2D eigenvalue weighted by atomic mass is 16.5. The molecule has 0 aliphatic carbocycles. The van der Waals surface area contributed by atoms with Crippen molar-refractivity contribution in [1.82, 2.24) is 9.88 Å². The number of aryl methyl sites for hydroxylation is 2. The summed E-state index contributed by atoms with van der Waals surface area (Å²) in [5, 5.41) is 0. The number of aromatic nitrogens is 1. The van der Waals surface area contributed by atoms with Crippen molar-refractivity contribution in [3.63, 3.8) is 0 Å². The number of rotatable bonds is 5. The quantitative estimate of drug-likeness (QED) is 0.849. The first-order valence-corrected chi connectivity index (χ1v) is 7.77. The zero-order valence-electron chi connectivity index (χ0n) is 14.5. The monoisotopic (exact) mass is 312 g/mol. The molecule has 23 heavy (non-hydrogen) atoms. The molecule has 1 amide bonds. The fourth-order valence-corrected chi connectivity index (χ4v) is 2.63. The summed E-state index contributed by atoms with van der Waals surface area (Å²) in [6.45, 7) is 5.84. The van der Waals surface area contributed by atoms with E-state index in [9.17, 15) is 4.79 Å². The van der Waals surface area contributed by atoms with E-state index in [0.717, 1.165) is 29.1 Å². The Kier molecular flexibility index (Phi) is 5.37. The minimum atomic E-state index is -0.00241. The topological polar surface area (TPSA) is 42.4 Å². The Morgan fingerprint density at radius 1 is 1.22 bits per heavy atom. The summed E-state index contributed by atoms with van der Waals surface area (Å²) >= 11 is 0. The van der Waals surface area contributed by atoms with Crippen molar-refractivity contribution in [2.45, 2.75) is 33.2 Å². The number of methoxy groups -OCH3 is 1. The predicted octanol–water partition coefficient (Wildman–Crippen LogP) is 3.41. The van der Waals surface area contributed by atoms with Gasteiger partial charge in [-0.3, -0.25) is 9.78 Å². The molecule has 2 rings (SSSR count). The number of carbonyl (C=O) groups excluding carboxylic acids is 1. The second kappa shape index (κ2) is 7.27. The molecule has 1 aromatic heterocycles. The molecule has 0 saturated heterocycles. The molecule has 0 spiro atoms. The number of benzene rings is 1. The third-order valence-electron chi connectivity index (χ3n) is 4.14. The van der Waals surface area contributed by atoms with E-state index in [1.165, 1.54) is 0 Å². The lowest BCUT2D eigenvalue weighted by atomic mass is 10.0. The van der Waals surface area contributed by atoms with Gasteiger partial charge >= 0.3 is 0 Å². The molecule has 0 fully saturated rings. The molecule has 0 aliphatic rings. The highest BCUT2D eigenvalue weighted by molar-refractivity contribution is 5.95. The Morgan fingerprint density at radius 3 is 2.57 bits per heavy atom. The number of likely N-dealkylation sites (N-methyl/N-ethyl adjacent to an activating group) is 1. The van der Waals surface area contributed by atoms with E-state index >= 15 is 0 Å². The molecule has 1 aromatic carbocycles. The van der Waals surface area contributed by atoms with Crippen molar-refractivity contribution in [1.29, 1.82) is 0 Å². The van der Waals surface area contributed by atoms with Crippen LogP contribution in [0.15, 0.2) is 36.4 Å². The lowest BCUT2D eigenvalue weighted by Crippen LogP contribution is -2.37. The number of hydrogen-bond acceptors (Lipinski definition) is 3. The molecular weight excluding hydrogens is 288 g/mol. The van der Waals surface area contributed by atoms with Crippen LogP contribution in [-0.4, -0.2) is 36.0 Å². The Morgan fingerprint density at radius 2 is 1.91 bits per heavy atom. The maximum absolute atomic E-state index is 12.7. The van der Waals surface area contributed by atoms with Gasteiger partial charge in [-0.15, -0.1) is 0 Å². The number of ether oxygens (including phenoxy) is 1. The largest absolute Gasteiger partial charge is 0.496 e. The van der Waals surface area contributed by atoms with Crippen LogP contribution in [-0.2, 0) is 6.42 Å². The van der Waals surface area contributed by atoms with E-state index in [-0.39, 0.29) is 11.9 Å². The standard InChI is InChI=1S/C19H24N2O2/c1-13-10-11-17(15(3)20-13)19(22)21(4)14(2)12-16-8-6-7-9-18(16)23-5/h6-11,14H,12H2,1-5H3. The molecular formula is C19H24N2O2. The van der Waals surface area contributed by atoms with Crippen LogP contribution in [0.2, 0.25) is 0 Å². The highest BCUT2D eigenvalue weighted by Gasteiger charge is 2.20. The van der Waals surface area contributed by atoms with Crippen molar-refractivity contribution in [3.8, 4) is 5.75 Å². The number of hydrogen-bond donors (Lipinski definition) is 0. The third kappa shape index (κ3) is 3.89. The van der Waals surface area contributed by atoms with Crippen LogP contribution in [0, 0.1) is 13.8 Å². The smallest absolute Gasteiger partial charge is 0.255 e. The molecule has 4 heteroatoms. The van der Waals surface area contributed by atoms with Crippen LogP contribution in [0.25, 0.3) is 0 Å². The molecule has 2 aromatic rings. The van der Waals surface area contributed by atoms with E-state index in [1.807, 2.05) is 64.2 Å². The van der Waals surface area contributed by atoms with Gasteiger partial charge in [-0.25, -0.2) is 0 Å². The number of amides is 1. The van der Waals surface area contributed by atoms with Gasteiger partial charge < -0.3 is 9.64 Å². The number of pyridine rings is 1. The number of carbonyl (C=O) groups is 1. The molecule has 0 saturated carbocycles. The fourth-order valence-electron chi connectivity index (χ4n) is 2.63. The summed E-state index contributed by atoms with van der Waals surface area (Å²) in [4.78, 5) is 18.9. The van der Waals surface area contributed by atoms with Gasteiger partial charge in [0.2, 0.25) is 0 Å². The van der Waals surface area contributed by atoms with Crippen LogP contribution < -0.4 is 4.74 Å². The lowest BCUT2D eigenvalue weighted by Gasteiger charge is -2.26. The third-order valence-corrected chi connectivity index (χ3v) is 4.14. The van der Waals surface area contributed by atoms with Crippen molar-refractivity contribution in [2.75, 3.05) is 14.2 Å². The molecule has 0 N–H and O–H groups in total. The molecule has 0 bridgehead atoms. The summed E-state index contributed by atoms with van der Waals surface area (Å²) in [5.41, 5.74) is 3.45. The highest BCUT2D eigenvalue weighted by Crippen LogP contribution is 2.21. The van der Waals surface area contributed by atoms with Gasteiger partial charge in [-0.05, 0) is 51.0 Å². The summed E-state index contributed by atoms with van der Waals surface area (Å²) in [7, 11) is 3.50. The van der Waals surface area contributed by atoms with E-state index in [0.29, 0.717) is 5.56 Å².